The van der Waals surface area contributed by atoms with Gasteiger partial charge in [-0.25, -0.2) is 0 Å². The van der Waals surface area contributed by atoms with E-state index >= 15 is 0 Å². The highest BCUT2D eigenvalue weighted by Crippen LogP contribution is 2.26. The van der Waals surface area contributed by atoms with Gasteiger partial charge in [0.15, 0.2) is 0 Å². The summed E-state index contributed by atoms with van der Waals surface area (Å²) in [4.78, 5) is 2.46. The molecule has 3 heteroatoms. The van der Waals surface area contributed by atoms with E-state index in [1.165, 1.54) is 32.4 Å². The zero-order valence-corrected chi connectivity index (χ0v) is 11.0. The predicted molar refractivity (Wildman–Crippen MR) is 68.8 cm³/mol. The smallest absolute Gasteiger partial charge is 0.0477 e. The Morgan fingerprint density at radius 3 is 2.75 bits per heavy atom. The number of hydrogen-bond acceptors (Lipinski definition) is 3. The van der Waals surface area contributed by atoms with Gasteiger partial charge in [0.1, 0.15) is 0 Å². The van der Waals surface area contributed by atoms with Crippen LogP contribution in [0.1, 0.15) is 32.6 Å². The SMILES string of the molecule is CCOCCCNCCN(C)CC1CCC1. The summed E-state index contributed by atoms with van der Waals surface area (Å²) in [6.45, 7) is 8.42. The molecular formula is C13H28N2O. The quantitative estimate of drug-likeness (QED) is 0.576. The minimum absolute atomic E-state index is 0.837. The Morgan fingerprint density at radius 2 is 2.12 bits per heavy atom. The number of hydrogen-bond donors (Lipinski definition) is 1. The van der Waals surface area contributed by atoms with Crippen LogP contribution in [0.5, 0.6) is 0 Å². The van der Waals surface area contributed by atoms with Crippen LogP contribution in [0.2, 0.25) is 0 Å². The van der Waals surface area contributed by atoms with Crippen LogP contribution < -0.4 is 5.32 Å². The van der Waals surface area contributed by atoms with Crippen molar-refractivity contribution in [1.82, 2.24) is 10.2 Å². The lowest BCUT2D eigenvalue weighted by Gasteiger charge is -2.30. The van der Waals surface area contributed by atoms with E-state index in [1.54, 1.807) is 0 Å². The van der Waals surface area contributed by atoms with Crippen LogP contribution in [0.15, 0.2) is 0 Å². The molecule has 0 amide bonds. The maximum absolute atomic E-state index is 5.29. The van der Waals surface area contributed by atoms with Gasteiger partial charge in [-0.3, -0.25) is 0 Å². The summed E-state index contributed by atoms with van der Waals surface area (Å²) in [5, 5.41) is 3.46. The zero-order valence-electron chi connectivity index (χ0n) is 11.0. The number of nitrogens with one attached hydrogen (secondary N) is 1. The Hall–Kier alpha value is -0.120. The van der Waals surface area contributed by atoms with Crippen molar-refractivity contribution in [3.63, 3.8) is 0 Å². The van der Waals surface area contributed by atoms with Crippen LogP contribution in [-0.4, -0.2) is 51.3 Å². The van der Waals surface area contributed by atoms with Gasteiger partial charge in [-0.05, 0) is 45.7 Å². The summed E-state index contributed by atoms with van der Waals surface area (Å²) in [6.07, 6.45) is 5.48. The molecule has 1 aliphatic carbocycles. The molecule has 0 unspecified atom stereocenters. The Balaban J connectivity index is 1.78. The van der Waals surface area contributed by atoms with Crippen molar-refractivity contribution in [3.8, 4) is 0 Å². The van der Waals surface area contributed by atoms with Gasteiger partial charge >= 0.3 is 0 Å². The van der Waals surface area contributed by atoms with Gasteiger partial charge in [0, 0.05) is 32.8 Å². The number of likely N-dealkylation sites (N-methyl/N-ethyl adjacent to an activating group) is 1. The first-order valence-corrected chi connectivity index (χ1v) is 6.80. The molecule has 1 saturated carbocycles. The van der Waals surface area contributed by atoms with Gasteiger partial charge in [-0.1, -0.05) is 6.42 Å². The van der Waals surface area contributed by atoms with E-state index in [4.69, 9.17) is 4.74 Å². The summed E-state index contributed by atoms with van der Waals surface area (Å²) < 4.78 is 5.29. The highest BCUT2D eigenvalue weighted by molar-refractivity contribution is 4.72. The van der Waals surface area contributed by atoms with Gasteiger partial charge < -0.3 is 15.0 Å². The molecule has 0 spiro atoms. The molecule has 0 aromatic heterocycles. The van der Waals surface area contributed by atoms with Gasteiger partial charge in [0.2, 0.25) is 0 Å². The molecule has 1 N–H and O–H groups in total. The molecule has 1 aliphatic rings. The number of rotatable bonds is 10. The molecule has 96 valence electrons. The van der Waals surface area contributed by atoms with Gasteiger partial charge in [-0.15, -0.1) is 0 Å². The third kappa shape index (κ3) is 6.46. The molecule has 16 heavy (non-hydrogen) atoms. The molecule has 3 nitrogen and oxygen atoms in total. The van der Waals surface area contributed by atoms with Gasteiger partial charge in [-0.2, -0.15) is 0 Å². The molecule has 0 radical (unpaired) electrons. The van der Waals surface area contributed by atoms with Crippen LogP contribution in [0.4, 0.5) is 0 Å². The second-order valence-electron chi connectivity index (χ2n) is 4.86. The Labute approximate surface area is 101 Å². The third-order valence-corrected chi connectivity index (χ3v) is 3.31. The normalized spacial score (nSPS) is 16.7. The van der Waals surface area contributed by atoms with Crippen LogP contribution in [-0.2, 0) is 4.74 Å². The lowest BCUT2D eigenvalue weighted by atomic mass is 9.85. The summed E-state index contributed by atoms with van der Waals surface area (Å²) in [5.41, 5.74) is 0. The lowest BCUT2D eigenvalue weighted by Crippen LogP contribution is -2.35. The van der Waals surface area contributed by atoms with E-state index in [9.17, 15) is 0 Å². The first kappa shape index (κ1) is 13.9. The molecule has 0 atom stereocenters. The van der Waals surface area contributed by atoms with E-state index < -0.39 is 0 Å². The average Bonchev–Trinajstić information content (AvgIpc) is 2.22. The first-order chi connectivity index (χ1) is 7.83. The van der Waals surface area contributed by atoms with E-state index in [0.717, 1.165) is 38.6 Å². The van der Waals surface area contributed by atoms with Crippen LogP contribution in [0, 0.1) is 5.92 Å². The zero-order chi connectivity index (χ0) is 11.6. The summed E-state index contributed by atoms with van der Waals surface area (Å²) >= 11 is 0. The highest BCUT2D eigenvalue weighted by atomic mass is 16.5. The summed E-state index contributed by atoms with van der Waals surface area (Å²) in [5.74, 6) is 0.989. The molecule has 1 fully saturated rings. The minimum Gasteiger partial charge on any atom is -0.382 e. The second kappa shape index (κ2) is 8.97. The largest absolute Gasteiger partial charge is 0.382 e. The monoisotopic (exact) mass is 228 g/mol. The first-order valence-electron chi connectivity index (χ1n) is 6.80. The summed E-state index contributed by atoms with van der Waals surface area (Å²) in [6, 6.07) is 0. The average molecular weight is 228 g/mol. The predicted octanol–water partition coefficient (Wildman–Crippen LogP) is 1.73. The molecule has 0 aliphatic heterocycles. The summed E-state index contributed by atoms with van der Waals surface area (Å²) in [7, 11) is 2.24. The van der Waals surface area contributed by atoms with E-state index in [0.29, 0.717) is 0 Å². The van der Waals surface area contributed by atoms with Crippen LogP contribution >= 0.6 is 0 Å². The van der Waals surface area contributed by atoms with Crippen molar-refractivity contribution in [2.75, 3.05) is 46.4 Å². The van der Waals surface area contributed by atoms with Crippen molar-refractivity contribution in [3.05, 3.63) is 0 Å². The lowest BCUT2D eigenvalue weighted by molar-refractivity contribution is 0.144. The highest BCUT2D eigenvalue weighted by Gasteiger charge is 2.18. The van der Waals surface area contributed by atoms with Gasteiger partial charge in [0.25, 0.3) is 0 Å². The molecule has 0 bridgehead atoms. The Kier molecular flexibility index (Phi) is 7.81. The molecule has 0 aromatic carbocycles. The fourth-order valence-electron chi connectivity index (χ4n) is 2.05. The van der Waals surface area contributed by atoms with Crippen LogP contribution in [0.25, 0.3) is 0 Å². The number of ether oxygens (including phenoxy) is 1. The van der Waals surface area contributed by atoms with E-state index in [2.05, 4.69) is 17.3 Å². The fraction of sp³-hybridized carbons (Fsp3) is 1.00. The minimum atomic E-state index is 0.837. The molecule has 0 aromatic rings. The standard InChI is InChI=1S/C13H28N2O/c1-3-16-11-5-8-14-9-10-15(2)12-13-6-4-7-13/h13-14H,3-12H2,1-2H3. The topological polar surface area (TPSA) is 24.5 Å². The Morgan fingerprint density at radius 1 is 1.31 bits per heavy atom. The number of nitrogens with zero attached hydrogens (tertiary/aromatic N) is 1. The van der Waals surface area contributed by atoms with Crippen molar-refractivity contribution in [1.29, 1.82) is 0 Å². The van der Waals surface area contributed by atoms with E-state index in [1.807, 2.05) is 6.92 Å². The second-order valence-corrected chi connectivity index (χ2v) is 4.86. The molecule has 1 rings (SSSR count). The Bertz CT molecular complexity index is 160. The van der Waals surface area contributed by atoms with Crippen molar-refractivity contribution in [2.24, 2.45) is 5.92 Å². The maximum Gasteiger partial charge on any atom is 0.0477 e. The van der Waals surface area contributed by atoms with E-state index in [-0.39, 0.29) is 0 Å². The van der Waals surface area contributed by atoms with Crippen molar-refractivity contribution >= 4 is 0 Å². The van der Waals surface area contributed by atoms with Crippen LogP contribution in [0.3, 0.4) is 0 Å². The maximum atomic E-state index is 5.29. The third-order valence-electron chi connectivity index (χ3n) is 3.31. The molecule has 0 saturated heterocycles. The molecular weight excluding hydrogens is 200 g/mol. The fourth-order valence-corrected chi connectivity index (χ4v) is 2.05. The van der Waals surface area contributed by atoms with Gasteiger partial charge in [0.05, 0.1) is 0 Å². The van der Waals surface area contributed by atoms with Crippen molar-refractivity contribution < 1.29 is 4.74 Å². The molecule has 0 heterocycles. The van der Waals surface area contributed by atoms with Crippen molar-refractivity contribution in [2.45, 2.75) is 32.6 Å².